The fraction of sp³-hybridized carbons (Fsp3) is 0.261. The van der Waals surface area contributed by atoms with Crippen molar-refractivity contribution in [1.29, 1.82) is 0 Å². The van der Waals surface area contributed by atoms with Gasteiger partial charge in [-0.1, -0.05) is 60.7 Å². The molecule has 1 fully saturated rings. The van der Waals surface area contributed by atoms with Crippen LogP contribution in [-0.4, -0.2) is 46.4 Å². The van der Waals surface area contributed by atoms with Crippen LogP contribution in [0.4, 0.5) is 10.5 Å². The van der Waals surface area contributed by atoms with E-state index in [0.29, 0.717) is 25.4 Å². The zero-order chi connectivity index (χ0) is 21.5. The van der Waals surface area contributed by atoms with Crippen molar-refractivity contribution in [1.82, 2.24) is 14.7 Å². The monoisotopic (exact) mass is 420 g/mol. The van der Waals surface area contributed by atoms with Gasteiger partial charge >= 0.3 is 6.09 Å². The van der Waals surface area contributed by atoms with E-state index in [4.69, 9.17) is 9.47 Å². The van der Waals surface area contributed by atoms with Gasteiger partial charge in [-0.05, 0) is 11.1 Å². The summed E-state index contributed by atoms with van der Waals surface area (Å²) in [5.74, 6) is -0.306. The maximum absolute atomic E-state index is 12.5. The number of hydrogen-bond donors (Lipinski definition) is 1. The number of nitrogens with one attached hydrogen (secondary N) is 1. The average molecular weight is 420 g/mol. The minimum Gasteiger partial charge on any atom is -0.447 e. The Morgan fingerprint density at radius 2 is 1.87 bits per heavy atom. The first kappa shape index (κ1) is 20.6. The summed E-state index contributed by atoms with van der Waals surface area (Å²) in [5.41, 5.74) is 2.62. The Labute approximate surface area is 180 Å². The third kappa shape index (κ3) is 5.49. The lowest BCUT2D eigenvalue weighted by Gasteiger charge is -2.20. The molecule has 0 saturated carbocycles. The van der Waals surface area contributed by atoms with Crippen LogP contribution < -0.4 is 5.32 Å². The van der Waals surface area contributed by atoms with Crippen molar-refractivity contribution < 1.29 is 19.1 Å². The summed E-state index contributed by atoms with van der Waals surface area (Å²) in [7, 11) is 0. The number of cyclic esters (lactones) is 1. The Morgan fingerprint density at radius 3 is 2.65 bits per heavy atom. The number of aromatic nitrogens is 2. The van der Waals surface area contributed by atoms with Gasteiger partial charge in [-0.25, -0.2) is 4.79 Å². The first-order valence-corrected chi connectivity index (χ1v) is 10.1. The third-order valence-electron chi connectivity index (χ3n) is 4.97. The summed E-state index contributed by atoms with van der Waals surface area (Å²) in [5, 5.41) is 7.03. The summed E-state index contributed by atoms with van der Waals surface area (Å²) >= 11 is 0. The van der Waals surface area contributed by atoms with E-state index in [2.05, 4.69) is 10.4 Å². The molecule has 8 nitrogen and oxygen atoms in total. The largest absolute Gasteiger partial charge is 0.447 e. The number of carbonyl (C=O) groups excluding carboxylic acids is 2. The van der Waals surface area contributed by atoms with Gasteiger partial charge in [-0.15, -0.1) is 0 Å². The second kappa shape index (κ2) is 9.90. The van der Waals surface area contributed by atoms with Crippen molar-refractivity contribution in [2.24, 2.45) is 0 Å². The SMILES string of the molecule is O=C(CN1C(=O)OC[C@@H]1c1ccccc1)Nc1cnn(CCOCc2ccccc2)c1. The Bertz CT molecular complexity index is 1010. The summed E-state index contributed by atoms with van der Waals surface area (Å²) < 4.78 is 12.5. The molecule has 2 heterocycles. The highest BCUT2D eigenvalue weighted by Gasteiger charge is 2.35. The summed E-state index contributed by atoms with van der Waals surface area (Å²) in [6, 6.07) is 19.2. The molecule has 0 bridgehead atoms. The second-order valence-corrected chi connectivity index (χ2v) is 7.21. The van der Waals surface area contributed by atoms with Crippen molar-refractivity contribution in [2.75, 3.05) is 25.1 Å². The Kier molecular flexibility index (Phi) is 6.59. The lowest BCUT2D eigenvalue weighted by atomic mass is 10.1. The quantitative estimate of drug-likeness (QED) is 0.537. The van der Waals surface area contributed by atoms with Gasteiger partial charge in [-0.3, -0.25) is 14.4 Å². The molecule has 8 heteroatoms. The second-order valence-electron chi connectivity index (χ2n) is 7.21. The fourth-order valence-corrected chi connectivity index (χ4v) is 3.40. The van der Waals surface area contributed by atoms with Gasteiger partial charge in [0.2, 0.25) is 5.91 Å². The van der Waals surface area contributed by atoms with Crippen LogP contribution in [0.25, 0.3) is 0 Å². The molecule has 1 atom stereocenters. The van der Waals surface area contributed by atoms with Crippen LogP contribution in [0.5, 0.6) is 0 Å². The van der Waals surface area contributed by atoms with Gasteiger partial charge in [0.25, 0.3) is 0 Å². The number of nitrogens with zero attached hydrogens (tertiary/aromatic N) is 3. The number of carbonyl (C=O) groups is 2. The molecule has 0 aliphatic carbocycles. The standard InChI is InChI=1S/C23H24N4O4/c28-22(15-27-21(17-31-23(27)29)19-9-5-2-6-10-19)25-20-13-24-26(14-20)11-12-30-16-18-7-3-1-4-8-18/h1-10,13-14,21H,11-12,15-17H2,(H,25,28)/t21-/m1/s1. The number of benzene rings is 2. The normalized spacial score (nSPS) is 15.7. The molecule has 2 amide bonds. The molecule has 0 spiro atoms. The Morgan fingerprint density at radius 1 is 1.13 bits per heavy atom. The van der Waals surface area contributed by atoms with Crippen molar-refractivity contribution in [2.45, 2.75) is 19.2 Å². The van der Waals surface area contributed by atoms with Crippen LogP contribution in [-0.2, 0) is 27.4 Å². The fourth-order valence-electron chi connectivity index (χ4n) is 3.40. The maximum Gasteiger partial charge on any atom is 0.410 e. The summed E-state index contributed by atoms with van der Waals surface area (Å²) in [6.07, 6.45) is 2.82. The molecule has 160 valence electrons. The van der Waals surface area contributed by atoms with Crippen LogP contribution in [0.3, 0.4) is 0 Å². The van der Waals surface area contributed by atoms with Crippen LogP contribution in [0.1, 0.15) is 17.2 Å². The lowest BCUT2D eigenvalue weighted by Crippen LogP contribution is -2.35. The Balaban J connectivity index is 1.25. The first-order valence-electron chi connectivity index (χ1n) is 10.1. The van der Waals surface area contributed by atoms with E-state index in [1.165, 1.54) is 4.90 Å². The van der Waals surface area contributed by atoms with Crippen LogP contribution in [0.2, 0.25) is 0 Å². The Hall–Kier alpha value is -3.65. The molecule has 1 saturated heterocycles. The highest BCUT2D eigenvalue weighted by Crippen LogP contribution is 2.27. The van der Waals surface area contributed by atoms with Gasteiger partial charge in [-0.2, -0.15) is 5.10 Å². The van der Waals surface area contributed by atoms with Gasteiger partial charge in [0.15, 0.2) is 0 Å². The van der Waals surface area contributed by atoms with Crippen molar-refractivity contribution in [3.63, 3.8) is 0 Å². The minimum absolute atomic E-state index is 0.0935. The van der Waals surface area contributed by atoms with E-state index in [-0.39, 0.29) is 25.1 Å². The van der Waals surface area contributed by atoms with E-state index < -0.39 is 6.09 Å². The van der Waals surface area contributed by atoms with Gasteiger partial charge in [0.1, 0.15) is 13.2 Å². The number of rotatable bonds is 9. The third-order valence-corrected chi connectivity index (χ3v) is 4.97. The maximum atomic E-state index is 12.5. The van der Waals surface area contributed by atoms with Crippen molar-refractivity contribution in [3.8, 4) is 0 Å². The van der Waals surface area contributed by atoms with Crippen molar-refractivity contribution in [3.05, 3.63) is 84.2 Å². The zero-order valence-corrected chi connectivity index (χ0v) is 17.0. The number of ether oxygens (including phenoxy) is 2. The smallest absolute Gasteiger partial charge is 0.410 e. The molecular weight excluding hydrogens is 396 g/mol. The highest BCUT2D eigenvalue weighted by molar-refractivity contribution is 5.94. The molecule has 1 aliphatic rings. The molecular formula is C23H24N4O4. The van der Waals surface area contributed by atoms with Crippen LogP contribution >= 0.6 is 0 Å². The molecule has 1 aliphatic heterocycles. The topological polar surface area (TPSA) is 85.7 Å². The molecule has 0 unspecified atom stereocenters. The minimum atomic E-state index is -0.490. The average Bonchev–Trinajstić information content (AvgIpc) is 3.39. The van der Waals surface area contributed by atoms with E-state index in [1.807, 2.05) is 60.7 Å². The predicted octanol–water partition coefficient (Wildman–Crippen LogP) is 3.23. The van der Waals surface area contributed by atoms with E-state index in [1.54, 1.807) is 17.1 Å². The van der Waals surface area contributed by atoms with E-state index >= 15 is 0 Å². The van der Waals surface area contributed by atoms with E-state index in [9.17, 15) is 9.59 Å². The number of anilines is 1. The van der Waals surface area contributed by atoms with Gasteiger partial charge in [0, 0.05) is 6.20 Å². The van der Waals surface area contributed by atoms with Gasteiger partial charge < -0.3 is 14.8 Å². The lowest BCUT2D eigenvalue weighted by molar-refractivity contribution is -0.117. The molecule has 4 rings (SSSR count). The summed E-state index contributed by atoms with van der Waals surface area (Å²) in [6.45, 7) is 1.75. The predicted molar refractivity (Wildman–Crippen MR) is 114 cm³/mol. The summed E-state index contributed by atoms with van der Waals surface area (Å²) in [4.78, 5) is 26.0. The molecule has 0 radical (unpaired) electrons. The molecule has 1 aromatic heterocycles. The highest BCUT2D eigenvalue weighted by atomic mass is 16.6. The number of amides is 2. The number of hydrogen-bond acceptors (Lipinski definition) is 5. The molecule has 1 N–H and O–H groups in total. The van der Waals surface area contributed by atoms with Crippen LogP contribution in [0.15, 0.2) is 73.1 Å². The zero-order valence-electron chi connectivity index (χ0n) is 17.0. The molecule has 2 aromatic carbocycles. The van der Waals surface area contributed by atoms with Crippen LogP contribution in [0, 0.1) is 0 Å². The van der Waals surface area contributed by atoms with Crippen molar-refractivity contribution >= 4 is 17.7 Å². The molecule has 31 heavy (non-hydrogen) atoms. The first-order chi connectivity index (χ1) is 15.2. The van der Waals surface area contributed by atoms with E-state index in [0.717, 1.165) is 11.1 Å². The van der Waals surface area contributed by atoms with Gasteiger partial charge in [0.05, 0.1) is 37.7 Å². The molecule has 3 aromatic rings.